The molecule has 1 atom stereocenters. The number of urea groups is 1. The second-order valence-corrected chi connectivity index (χ2v) is 5.47. The van der Waals surface area contributed by atoms with Gasteiger partial charge in [0, 0.05) is 18.1 Å². The molecule has 0 aliphatic heterocycles. The summed E-state index contributed by atoms with van der Waals surface area (Å²) in [4.78, 5) is 22.7. The number of amides is 2. The average Bonchev–Trinajstić information content (AvgIpc) is 2.47. The van der Waals surface area contributed by atoms with E-state index in [0.29, 0.717) is 6.54 Å². The SMILES string of the molecule is C=CCSCCNC(=O)NC(CC(=O)O)c1ccccc1. The summed E-state index contributed by atoms with van der Waals surface area (Å²) >= 11 is 1.67. The van der Waals surface area contributed by atoms with Crippen LogP contribution in [0, 0.1) is 0 Å². The molecule has 0 saturated carbocycles. The normalized spacial score (nSPS) is 11.4. The monoisotopic (exact) mass is 308 g/mol. The first-order valence-corrected chi connectivity index (χ1v) is 7.78. The van der Waals surface area contributed by atoms with Crippen molar-refractivity contribution in [3.8, 4) is 0 Å². The van der Waals surface area contributed by atoms with E-state index in [-0.39, 0.29) is 12.5 Å². The fourth-order valence-electron chi connectivity index (χ4n) is 1.72. The Balaban J connectivity index is 2.47. The van der Waals surface area contributed by atoms with E-state index in [0.717, 1.165) is 17.1 Å². The Morgan fingerprint density at radius 1 is 1.33 bits per heavy atom. The Morgan fingerprint density at radius 2 is 2.05 bits per heavy atom. The zero-order chi connectivity index (χ0) is 15.5. The molecule has 1 unspecified atom stereocenters. The number of carboxylic acid groups (broad SMARTS) is 1. The number of thioether (sulfide) groups is 1. The van der Waals surface area contributed by atoms with Gasteiger partial charge >= 0.3 is 12.0 Å². The van der Waals surface area contributed by atoms with Gasteiger partial charge < -0.3 is 15.7 Å². The van der Waals surface area contributed by atoms with Gasteiger partial charge in [-0.25, -0.2) is 4.79 Å². The first-order valence-electron chi connectivity index (χ1n) is 6.63. The Morgan fingerprint density at radius 3 is 2.67 bits per heavy atom. The maximum absolute atomic E-state index is 11.8. The molecule has 0 aromatic heterocycles. The number of carbonyl (C=O) groups excluding carboxylic acids is 1. The van der Waals surface area contributed by atoms with Gasteiger partial charge in [0.1, 0.15) is 0 Å². The summed E-state index contributed by atoms with van der Waals surface area (Å²) in [6.07, 6.45) is 1.66. The van der Waals surface area contributed by atoms with Crippen LogP contribution in [0.3, 0.4) is 0 Å². The number of carbonyl (C=O) groups is 2. The number of rotatable bonds is 9. The average molecular weight is 308 g/mol. The summed E-state index contributed by atoms with van der Waals surface area (Å²) in [6, 6.07) is 8.18. The van der Waals surface area contributed by atoms with Crippen LogP contribution in [0.25, 0.3) is 0 Å². The van der Waals surface area contributed by atoms with Crippen LogP contribution in [0.4, 0.5) is 4.79 Å². The third kappa shape index (κ3) is 7.41. The largest absolute Gasteiger partial charge is 0.481 e. The van der Waals surface area contributed by atoms with E-state index >= 15 is 0 Å². The van der Waals surface area contributed by atoms with Crippen molar-refractivity contribution in [1.29, 1.82) is 0 Å². The number of aliphatic carboxylic acids is 1. The van der Waals surface area contributed by atoms with Crippen LogP contribution in [0.5, 0.6) is 0 Å². The molecule has 0 bridgehead atoms. The van der Waals surface area contributed by atoms with E-state index in [1.54, 1.807) is 23.9 Å². The van der Waals surface area contributed by atoms with E-state index in [9.17, 15) is 9.59 Å². The van der Waals surface area contributed by atoms with Crippen molar-refractivity contribution in [2.45, 2.75) is 12.5 Å². The first kappa shape index (κ1) is 17.1. The highest BCUT2D eigenvalue weighted by molar-refractivity contribution is 7.99. The Kier molecular flexibility index (Phi) is 8.04. The van der Waals surface area contributed by atoms with Crippen molar-refractivity contribution in [1.82, 2.24) is 10.6 Å². The van der Waals surface area contributed by atoms with E-state index in [2.05, 4.69) is 17.2 Å². The molecule has 0 saturated heterocycles. The quantitative estimate of drug-likeness (QED) is 0.483. The lowest BCUT2D eigenvalue weighted by atomic mass is 10.0. The molecular weight excluding hydrogens is 288 g/mol. The van der Waals surface area contributed by atoms with Crippen LogP contribution in [0.2, 0.25) is 0 Å². The molecule has 3 N–H and O–H groups in total. The number of nitrogens with one attached hydrogen (secondary N) is 2. The molecule has 21 heavy (non-hydrogen) atoms. The van der Waals surface area contributed by atoms with Crippen LogP contribution in [0.1, 0.15) is 18.0 Å². The van der Waals surface area contributed by atoms with Crippen molar-refractivity contribution >= 4 is 23.8 Å². The molecule has 1 rings (SSSR count). The third-order valence-corrected chi connectivity index (χ3v) is 3.62. The van der Waals surface area contributed by atoms with Crippen LogP contribution < -0.4 is 10.6 Å². The Hall–Kier alpha value is -1.95. The topological polar surface area (TPSA) is 78.4 Å². The smallest absolute Gasteiger partial charge is 0.315 e. The van der Waals surface area contributed by atoms with Crippen LogP contribution in [-0.4, -0.2) is 35.2 Å². The highest BCUT2D eigenvalue weighted by Crippen LogP contribution is 2.16. The van der Waals surface area contributed by atoms with Crippen LogP contribution >= 0.6 is 11.8 Å². The van der Waals surface area contributed by atoms with E-state index in [1.807, 2.05) is 24.3 Å². The zero-order valence-electron chi connectivity index (χ0n) is 11.7. The lowest BCUT2D eigenvalue weighted by molar-refractivity contribution is -0.137. The molecule has 0 fully saturated rings. The molecule has 0 heterocycles. The van der Waals surface area contributed by atoms with Gasteiger partial charge in [-0.2, -0.15) is 11.8 Å². The summed E-state index contributed by atoms with van der Waals surface area (Å²) in [5, 5.41) is 14.4. The standard InChI is InChI=1S/C15H20N2O3S/c1-2-9-21-10-8-16-15(20)17-13(11-14(18)19)12-6-4-3-5-7-12/h2-7,13H,1,8-11H2,(H,18,19)(H2,16,17,20). The molecule has 0 aliphatic carbocycles. The van der Waals surface area contributed by atoms with Gasteiger partial charge in [0.25, 0.3) is 0 Å². The fourth-order valence-corrected chi connectivity index (χ4v) is 2.30. The molecule has 5 nitrogen and oxygen atoms in total. The molecule has 0 spiro atoms. The Bertz CT molecular complexity index is 465. The summed E-state index contributed by atoms with van der Waals surface area (Å²) in [7, 11) is 0. The highest BCUT2D eigenvalue weighted by atomic mass is 32.2. The van der Waals surface area contributed by atoms with Gasteiger partial charge in [-0.1, -0.05) is 36.4 Å². The number of hydrogen-bond donors (Lipinski definition) is 3. The van der Waals surface area contributed by atoms with Gasteiger partial charge in [0.2, 0.25) is 0 Å². The van der Waals surface area contributed by atoms with Crippen molar-refractivity contribution in [2.24, 2.45) is 0 Å². The number of carboxylic acids is 1. The van der Waals surface area contributed by atoms with Gasteiger partial charge in [-0.3, -0.25) is 4.79 Å². The predicted molar refractivity (Wildman–Crippen MR) is 85.5 cm³/mol. The molecule has 0 radical (unpaired) electrons. The van der Waals surface area contributed by atoms with Gasteiger partial charge in [0.05, 0.1) is 12.5 Å². The van der Waals surface area contributed by atoms with Gasteiger partial charge in [-0.15, -0.1) is 6.58 Å². The molecule has 114 valence electrons. The minimum atomic E-state index is -0.953. The molecule has 6 heteroatoms. The summed E-state index contributed by atoms with van der Waals surface area (Å²) < 4.78 is 0. The fraction of sp³-hybridized carbons (Fsp3) is 0.333. The molecule has 0 aliphatic rings. The molecule has 1 aromatic carbocycles. The highest BCUT2D eigenvalue weighted by Gasteiger charge is 2.17. The predicted octanol–water partition coefficient (Wildman–Crippen LogP) is 2.42. The summed E-state index contributed by atoms with van der Waals surface area (Å²) in [6.45, 7) is 4.14. The van der Waals surface area contributed by atoms with Crippen molar-refractivity contribution in [3.05, 3.63) is 48.6 Å². The maximum Gasteiger partial charge on any atom is 0.315 e. The molecule has 2 amide bonds. The molecule has 1 aromatic rings. The van der Waals surface area contributed by atoms with E-state index < -0.39 is 12.0 Å². The molecular formula is C15H20N2O3S. The van der Waals surface area contributed by atoms with E-state index in [4.69, 9.17) is 5.11 Å². The third-order valence-electron chi connectivity index (χ3n) is 2.65. The minimum Gasteiger partial charge on any atom is -0.481 e. The van der Waals surface area contributed by atoms with Crippen molar-refractivity contribution in [2.75, 3.05) is 18.1 Å². The van der Waals surface area contributed by atoms with Crippen LogP contribution in [-0.2, 0) is 4.79 Å². The van der Waals surface area contributed by atoms with Gasteiger partial charge in [-0.05, 0) is 5.56 Å². The summed E-state index contributed by atoms with van der Waals surface area (Å²) in [5.74, 6) is 0.675. The lowest BCUT2D eigenvalue weighted by Gasteiger charge is -2.17. The maximum atomic E-state index is 11.8. The number of benzene rings is 1. The summed E-state index contributed by atoms with van der Waals surface area (Å²) in [5.41, 5.74) is 0.774. The minimum absolute atomic E-state index is 0.150. The Labute approximate surface area is 128 Å². The van der Waals surface area contributed by atoms with Crippen LogP contribution in [0.15, 0.2) is 43.0 Å². The number of hydrogen-bond acceptors (Lipinski definition) is 3. The van der Waals surface area contributed by atoms with Gasteiger partial charge in [0.15, 0.2) is 0 Å². The lowest BCUT2D eigenvalue weighted by Crippen LogP contribution is -2.39. The van der Waals surface area contributed by atoms with E-state index in [1.165, 1.54) is 0 Å². The zero-order valence-corrected chi connectivity index (χ0v) is 12.6. The second-order valence-electron chi connectivity index (χ2n) is 4.32. The van der Waals surface area contributed by atoms with Crippen molar-refractivity contribution in [3.63, 3.8) is 0 Å². The second kappa shape index (κ2) is 9.88. The first-order chi connectivity index (χ1) is 10.1. The van der Waals surface area contributed by atoms with Crippen molar-refractivity contribution < 1.29 is 14.7 Å².